The van der Waals surface area contributed by atoms with Crippen LogP contribution < -0.4 is 10.9 Å². The first-order valence-corrected chi connectivity index (χ1v) is 10.6. The van der Waals surface area contributed by atoms with Gasteiger partial charge in [0.05, 0.1) is 10.9 Å². The second kappa shape index (κ2) is 9.17. The summed E-state index contributed by atoms with van der Waals surface area (Å²) >= 11 is 5.44. The largest absolute Gasteiger partial charge is 0.348 e. The van der Waals surface area contributed by atoms with Crippen molar-refractivity contribution in [1.82, 2.24) is 19.9 Å². The van der Waals surface area contributed by atoms with Crippen LogP contribution in [0.3, 0.4) is 0 Å². The van der Waals surface area contributed by atoms with Crippen molar-refractivity contribution in [2.45, 2.75) is 45.2 Å². The van der Waals surface area contributed by atoms with Gasteiger partial charge in [-0.05, 0) is 74.2 Å². The molecular weight excluding hydrogens is 396 g/mol. The van der Waals surface area contributed by atoms with Crippen LogP contribution in [0, 0.1) is 4.77 Å². The number of benzene rings is 1. The molecule has 30 heavy (non-hydrogen) atoms. The molecule has 6 nitrogen and oxygen atoms in total. The van der Waals surface area contributed by atoms with Crippen molar-refractivity contribution in [3.8, 4) is 0 Å². The maximum atomic E-state index is 13.0. The smallest absolute Gasteiger partial charge is 0.262 e. The molecule has 0 unspecified atom stereocenters. The van der Waals surface area contributed by atoms with Crippen LogP contribution in [0.1, 0.15) is 48.0 Å². The SMILES string of the molecule is O=C(NCc1cccnc1)c1ccc2c(=O)n(CCC3=CCCCC3)c(=S)[nH]c2c1. The van der Waals surface area contributed by atoms with Crippen molar-refractivity contribution >= 4 is 29.0 Å². The Bertz CT molecular complexity index is 1210. The number of hydrogen-bond donors (Lipinski definition) is 2. The zero-order valence-corrected chi connectivity index (χ0v) is 17.5. The van der Waals surface area contributed by atoms with Crippen molar-refractivity contribution in [3.05, 3.63) is 80.6 Å². The molecule has 0 saturated heterocycles. The highest BCUT2D eigenvalue weighted by molar-refractivity contribution is 7.71. The highest BCUT2D eigenvalue weighted by atomic mass is 32.1. The van der Waals surface area contributed by atoms with Crippen LogP contribution in [0.4, 0.5) is 0 Å². The van der Waals surface area contributed by atoms with Crippen molar-refractivity contribution < 1.29 is 4.79 Å². The molecule has 1 aliphatic carbocycles. The lowest BCUT2D eigenvalue weighted by Gasteiger charge is -2.14. The molecular formula is C23H24N4O2S. The fraction of sp³-hybridized carbons (Fsp3) is 0.304. The number of aromatic amines is 1. The van der Waals surface area contributed by atoms with Gasteiger partial charge >= 0.3 is 0 Å². The minimum Gasteiger partial charge on any atom is -0.348 e. The summed E-state index contributed by atoms with van der Waals surface area (Å²) in [5, 5.41) is 3.40. The number of nitrogens with zero attached hydrogens (tertiary/aromatic N) is 2. The lowest BCUT2D eigenvalue weighted by atomic mass is 9.97. The Morgan fingerprint density at radius 2 is 2.17 bits per heavy atom. The first-order valence-electron chi connectivity index (χ1n) is 10.2. The zero-order chi connectivity index (χ0) is 20.9. The van der Waals surface area contributed by atoms with E-state index in [1.54, 1.807) is 35.2 Å². The van der Waals surface area contributed by atoms with Crippen molar-refractivity contribution in [2.75, 3.05) is 0 Å². The maximum absolute atomic E-state index is 13.0. The third kappa shape index (κ3) is 4.57. The molecule has 0 saturated carbocycles. The average Bonchev–Trinajstić information content (AvgIpc) is 2.78. The summed E-state index contributed by atoms with van der Waals surface area (Å²) < 4.78 is 2.01. The second-order valence-corrected chi connectivity index (χ2v) is 7.94. The maximum Gasteiger partial charge on any atom is 0.262 e. The van der Waals surface area contributed by atoms with Gasteiger partial charge in [-0.25, -0.2) is 0 Å². The molecule has 1 amide bonds. The molecule has 2 aromatic heterocycles. The van der Waals surface area contributed by atoms with E-state index in [1.807, 2.05) is 12.1 Å². The summed E-state index contributed by atoms with van der Waals surface area (Å²) in [7, 11) is 0. The number of fused-ring (bicyclic) bond motifs is 1. The fourth-order valence-corrected chi connectivity index (χ4v) is 4.06. The van der Waals surface area contributed by atoms with Gasteiger partial charge in [0, 0.05) is 31.0 Å². The van der Waals surface area contributed by atoms with E-state index in [2.05, 4.69) is 21.4 Å². The van der Waals surface area contributed by atoms with E-state index in [0.29, 0.717) is 34.3 Å². The number of amides is 1. The standard InChI is InChI=1S/C23H24N4O2S/c28-21(25-15-17-7-4-11-24-14-17)18-8-9-19-20(13-18)26-23(30)27(22(19)29)12-10-16-5-2-1-3-6-16/h4-5,7-9,11,13-14H,1-3,6,10,12,15H2,(H,25,28)(H,26,30). The van der Waals surface area contributed by atoms with Gasteiger partial charge in [0.15, 0.2) is 4.77 Å². The summed E-state index contributed by atoms with van der Waals surface area (Å²) in [4.78, 5) is 32.6. The van der Waals surface area contributed by atoms with Gasteiger partial charge in [-0.15, -0.1) is 0 Å². The van der Waals surface area contributed by atoms with Gasteiger partial charge in [0.1, 0.15) is 0 Å². The third-order valence-electron chi connectivity index (χ3n) is 5.46. The molecule has 2 N–H and O–H groups in total. The van der Waals surface area contributed by atoms with E-state index in [-0.39, 0.29) is 11.5 Å². The summed E-state index contributed by atoms with van der Waals surface area (Å²) in [6, 6.07) is 8.77. The number of rotatable bonds is 6. The second-order valence-electron chi connectivity index (χ2n) is 7.55. The summed E-state index contributed by atoms with van der Waals surface area (Å²) in [5.41, 5.74) is 3.26. The number of pyridine rings is 1. The Morgan fingerprint density at radius 1 is 1.27 bits per heavy atom. The Kier molecular flexibility index (Phi) is 6.18. The number of allylic oxidation sites excluding steroid dienone is 2. The third-order valence-corrected chi connectivity index (χ3v) is 5.78. The molecule has 0 atom stereocenters. The van der Waals surface area contributed by atoms with Crippen LogP contribution in [0.25, 0.3) is 10.9 Å². The molecule has 154 valence electrons. The molecule has 0 radical (unpaired) electrons. The molecule has 1 aromatic carbocycles. The number of nitrogens with one attached hydrogen (secondary N) is 2. The number of H-pyrrole nitrogens is 1. The fourth-order valence-electron chi connectivity index (χ4n) is 3.77. The molecule has 0 fully saturated rings. The molecule has 1 aliphatic rings. The van der Waals surface area contributed by atoms with Crippen LogP contribution >= 0.6 is 12.2 Å². The van der Waals surface area contributed by atoms with E-state index in [1.165, 1.54) is 18.4 Å². The van der Waals surface area contributed by atoms with Crippen LogP contribution in [0.5, 0.6) is 0 Å². The van der Waals surface area contributed by atoms with Crippen molar-refractivity contribution in [2.24, 2.45) is 0 Å². The van der Waals surface area contributed by atoms with Crippen LogP contribution in [0.2, 0.25) is 0 Å². The monoisotopic (exact) mass is 420 g/mol. The van der Waals surface area contributed by atoms with Gasteiger partial charge in [-0.3, -0.25) is 19.1 Å². The van der Waals surface area contributed by atoms with Gasteiger partial charge in [-0.1, -0.05) is 17.7 Å². The molecule has 0 spiro atoms. The van der Waals surface area contributed by atoms with Crippen molar-refractivity contribution in [1.29, 1.82) is 0 Å². The topological polar surface area (TPSA) is 79.8 Å². The molecule has 0 bridgehead atoms. The van der Waals surface area contributed by atoms with Crippen LogP contribution in [-0.4, -0.2) is 20.4 Å². The van der Waals surface area contributed by atoms with E-state index >= 15 is 0 Å². The minimum absolute atomic E-state index is 0.118. The number of hydrogen-bond acceptors (Lipinski definition) is 4. The normalized spacial score (nSPS) is 13.8. The Hall–Kier alpha value is -3.06. The first-order chi connectivity index (χ1) is 14.6. The average molecular weight is 421 g/mol. The van der Waals surface area contributed by atoms with E-state index in [0.717, 1.165) is 24.8 Å². The van der Waals surface area contributed by atoms with Crippen LogP contribution in [0.15, 0.2) is 59.2 Å². The molecule has 4 rings (SSSR count). The first kappa shape index (κ1) is 20.2. The Morgan fingerprint density at radius 3 is 2.93 bits per heavy atom. The number of aromatic nitrogens is 3. The van der Waals surface area contributed by atoms with E-state index in [4.69, 9.17) is 12.2 Å². The van der Waals surface area contributed by atoms with Gasteiger partial charge in [-0.2, -0.15) is 0 Å². The zero-order valence-electron chi connectivity index (χ0n) is 16.7. The summed E-state index contributed by atoms with van der Waals surface area (Å²) in [6.07, 6.45) is 11.2. The molecule has 0 aliphatic heterocycles. The Balaban J connectivity index is 1.53. The number of carbonyl (C=O) groups is 1. The molecule has 7 heteroatoms. The molecule has 3 aromatic rings. The highest BCUT2D eigenvalue weighted by Gasteiger charge is 2.11. The predicted octanol–water partition coefficient (Wildman–Crippen LogP) is 4.27. The summed E-state index contributed by atoms with van der Waals surface area (Å²) in [5.74, 6) is -0.214. The van der Waals surface area contributed by atoms with Gasteiger partial charge in [0.2, 0.25) is 0 Å². The predicted molar refractivity (Wildman–Crippen MR) is 120 cm³/mol. The lowest BCUT2D eigenvalue weighted by molar-refractivity contribution is 0.0951. The highest BCUT2D eigenvalue weighted by Crippen LogP contribution is 2.20. The van der Waals surface area contributed by atoms with Gasteiger partial charge < -0.3 is 10.3 Å². The molecule has 2 heterocycles. The van der Waals surface area contributed by atoms with Crippen LogP contribution in [-0.2, 0) is 13.1 Å². The minimum atomic E-state index is -0.214. The van der Waals surface area contributed by atoms with Crippen molar-refractivity contribution in [3.63, 3.8) is 0 Å². The van der Waals surface area contributed by atoms with E-state index in [9.17, 15) is 9.59 Å². The lowest BCUT2D eigenvalue weighted by Crippen LogP contribution is -2.24. The summed E-state index contributed by atoms with van der Waals surface area (Å²) in [6.45, 7) is 0.960. The quantitative estimate of drug-likeness (QED) is 0.461. The van der Waals surface area contributed by atoms with Gasteiger partial charge in [0.25, 0.3) is 11.5 Å². The Labute approximate surface area is 179 Å². The van der Waals surface area contributed by atoms with E-state index < -0.39 is 0 Å². The number of carbonyl (C=O) groups excluding carboxylic acids is 1.